The van der Waals surface area contributed by atoms with Crippen LogP contribution in [-0.2, 0) is 9.59 Å². The molecule has 1 saturated carbocycles. The molecular formula is C19H33N3O3. The van der Waals surface area contributed by atoms with E-state index in [1.165, 1.54) is 0 Å². The van der Waals surface area contributed by atoms with Crippen molar-refractivity contribution < 1.29 is 14.4 Å². The van der Waals surface area contributed by atoms with E-state index >= 15 is 0 Å². The second-order valence-electron chi connectivity index (χ2n) is 8.53. The molecule has 0 aromatic heterocycles. The number of carbonyl (C=O) groups is 3. The lowest BCUT2D eigenvalue weighted by Gasteiger charge is -2.37. The van der Waals surface area contributed by atoms with Crippen molar-refractivity contribution in [3.8, 4) is 0 Å². The third-order valence-corrected chi connectivity index (χ3v) is 5.32. The van der Waals surface area contributed by atoms with Crippen LogP contribution in [0.15, 0.2) is 0 Å². The van der Waals surface area contributed by atoms with Crippen LogP contribution in [0.4, 0.5) is 4.79 Å². The number of amides is 4. The van der Waals surface area contributed by atoms with E-state index in [-0.39, 0.29) is 24.3 Å². The first-order chi connectivity index (χ1) is 11.7. The zero-order valence-corrected chi connectivity index (χ0v) is 16.3. The second-order valence-corrected chi connectivity index (χ2v) is 8.53. The molecule has 2 unspecified atom stereocenters. The first-order valence-corrected chi connectivity index (χ1v) is 9.59. The average Bonchev–Trinajstić information content (AvgIpc) is 2.74. The lowest BCUT2D eigenvalue weighted by atomic mass is 9.73. The van der Waals surface area contributed by atoms with Crippen LogP contribution < -0.4 is 5.32 Å². The molecule has 2 rings (SSSR count). The molecule has 1 saturated heterocycles. The predicted octanol–water partition coefficient (Wildman–Crippen LogP) is 2.63. The molecule has 6 nitrogen and oxygen atoms in total. The quantitative estimate of drug-likeness (QED) is 0.748. The van der Waals surface area contributed by atoms with Crippen molar-refractivity contribution in [1.29, 1.82) is 0 Å². The molecule has 0 aromatic rings. The highest BCUT2D eigenvalue weighted by molar-refractivity contribution is 6.09. The summed E-state index contributed by atoms with van der Waals surface area (Å²) in [7, 11) is 0. The Morgan fingerprint density at radius 3 is 2.32 bits per heavy atom. The molecule has 142 valence electrons. The average molecular weight is 351 g/mol. The van der Waals surface area contributed by atoms with Gasteiger partial charge in [0, 0.05) is 13.1 Å². The van der Waals surface area contributed by atoms with Crippen LogP contribution in [0, 0.1) is 17.8 Å². The summed E-state index contributed by atoms with van der Waals surface area (Å²) in [5, 5.41) is 2.91. The molecule has 1 heterocycles. The Morgan fingerprint density at radius 1 is 1.20 bits per heavy atom. The second kappa shape index (κ2) is 7.75. The molecule has 0 bridgehead atoms. The maximum Gasteiger partial charge on any atom is 0.325 e. The van der Waals surface area contributed by atoms with Crippen molar-refractivity contribution in [2.45, 2.75) is 65.8 Å². The van der Waals surface area contributed by atoms with Gasteiger partial charge in [0.1, 0.15) is 12.1 Å². The minimum atomic E-state index is -0.795. The number of hydrogen-bond donors (Lipinski definition) is 1. The summed E-state index contributed by atoms with van der Waals surface area (Å²) < 4.78 is 0. The van der Waals surface area contributed by atoms with Crippen LogP contribution in [0.25, 0.3) is 0 Å². The molecule has 1 N–H and O–H groups in total. The lowest BCUT2D eigenvalue weighted by molar-refractivity contribution is -0.141. The Kier molecular flexibility index (Phi) is 6.12. The van der Waals surface area contributed by atoms with Gasteiger partial charge in [-0.15, -0.1) is 0 Å². The minimum absolute atomic E-state index is 0.111. The van der Waals surface area contributed by atoms with Crippen molar-refractivity contribution >= 4 is 17.8 Å². The summed E-state index contributed by atoms with van der Waals surface area (Å²) >= 11 is 0. The van der Waals surface area contributed by atoms with Crippen LogP contribution in [-0.4, -0.2) is 52.8 Å². The van der Waals surface area contributed by atoms with Crippen molar-refractivity contribution in [3.63, 3.8) is 0 Å². The van der Waals surface area contributed by atoms with Gasteiger partial charge < -0.3 is 10.2 Å². The number of imide groups is 1. The van der Waals surface area contributed by atoms with Gasteiger partial charge in [-0.25, -0.2) is 4.79 Å². The standard InChI is InChI=1S/C19H33N3O3/c1-13(2)10-21(11-14(3)4)16(23)12-22-17(24)19(20-18(22)25)9-7-6-8-15(19)5/h13-15H,6-12H2,1-5H3,(H,20,25). The van der Waals surface area contributed by atoms with Gasteiger partial charge in [0.15, 0.2) is 0 Å². The summed E-state index contributed by atoms with van der Waals surface area (Å²) in [5.41, 5.74) is -0.795. The Morgan fingerprint density at radius 2 is 1.80 bits per heavy atom. The molecule has 1 aliphatic carbocycles. The molecule has 1 aliphatic heterocycles. The van der Waals surface area contributed by atoms with E-state index in [0.29, 0.717) is 31.3 Å². The molecule has 0 radical (unpaired) electrons. The maximum absolute atomic E-state index is 13.0. The van der Waals surface area contributed by atoms with Gasteiger partial charge in [0.25, 0.3) is 5.91 Å². The van der Waals surface area contributed by atoms with Crippen LogP contribution >= 0.6 is 0 Å². The molecule has 25 heavy (non-hydrogen) atoms. The topological polar surface area (TPSA) is 69.7 Å². The third-order valence-electron chi connectivity index (χ3n) is 5.32. The Balaban J connectivity index is 2.11. The van der Waals surface area contributed by atoms with Crippen LogP contribution in [0.1, 0.15) is 60.3 Å². The van der Waals surface area contributed by atoms with E-state index in [4.69, 9.17) is 0 Å². The van der Waals surface area contributed by atoms with Crippen molar-refractivity contribution in [2.24, 2.45) is 17.8 Å². The summed E-state index contributed by atoms with van der Waals surface area (Å²) in [6, 6.07) is -0.416. The monoisotopic (exact) mass is 351 g/mol. The summed E-state index contributed by atoms with van der Waals surface area (Å²) in [5.74, 6) is 0.435. The summed E-state index contributed by atoms with van der Waals surface area (Å²) in [4.78, 5) is 41.1. The fraction of sp³-hybridized carbons (Fsp3) is 0.842. The Labute approximate surface area is 151 Å². The van der Waals surface area contributed by atoms with Crippen molar-refractivity contribution in [3.05, 3.63) is 0 Å². The van der Waals surface area contributed by atoms with Crippen LogP contribution in [0.2, 0.25) is 0 Å². The van der Waals surface area contributed by atoms with E-state index in [9.17, 15) is 14.4 Å². The highest BCUT2D eigenvalue weighted by atomic mass is 16.2. The van der Waals surface area contributed by atoms with E-state index < -0.39 is 11.6 Å². The van der Waals surface area contributed by atoms with E-state index in [0.717, 1.165) is 24.2 Å². The highest BCUT2D eigenvalue weighted by Crippen LogP contribution is 2.38. The molecule has 1 spiro atoms. The van der Waals surface area contributed by atoms with E-state index in [1.54, 1.807) is 4.90 Å². The Hall–Kier alpha value is -1.59. The van der Waals surface area contributed by atoms with E-state index in [2.05, 4.69) is 33.0 Å². The number of hydrogen-bond acceptors (Lipinski definition) is 3. The van der Waals surface area contributed by atoms with E-state index in [1.807, 2.05) is 6.92 Å². The molecule has 6 heteroatoms. The molecule has 2 atom stereocenters. The van der Waals surface area contributed by atoms with Crippen molar-refractivity contribution in [1.82, 2.24) is 15.1 Å². The molecular weight excluding hydrogens is 318 g/mol. The van der Waals surface area contributed by atoms with Crippen LogP contribution in [0.3, 0.4) is 0 Å². The predicted molar refractivity (Wildman–Crippen MR) is 96.9 cm³/mol. The first kappa shape index (κ1) is 19.7. The van der Waals surface area contributed by atoms with Gasteiger partial charge >= 0.3 is 6.03 Å². The zero-order valence-electron chi connectivity index (χ0n) is 16.3. The number of nitrogens with zero attached hydrogens (tertiary/aromatic N) is 2. The number of nitrogens with one attached hydrogen (secondary N) is 1. The molecule has 0 aromatic carbocycles. The summed E-state index contributed by atoms with van der Waals surface area (Å²) in [6.07, 6.45) is 3.62. The largest absolute Gasteiger partial charge is 0.341 e. The van der Waals surface area contributed by atoms with Crippen LogP contribution in [0.5, 0.6) is 0 Å². The maximum atomic E-state index is 13.0. The number of carbonyl (C=O) groups excluding carboxylic acids is 3. The van der Waals surface area contributed by atoms with Gasteiger partial charge in [-0.05, 0) is 30.6 Å². The molecule has 2 aliphatic rings. The normalized spacial score (nSPS) is 26.7. The fourth-order valence-corrected chi connectivity index (χ4v) is 4.03. The molecule has 4 amide bonds. The minimum Gasteiger partial charge on any atom is -0.341 e. The smallest absolute Gasteiger partial charge is 0.325 e. The molecule has 2 fully saturated rings. The Bertz CT molecular complexity index is 522. The highest BCUT2D eigenvalue weighted by Gasteiger charge is 2.55. The van der Waals surface area contributed by atoms with Gasteiger partial charge in [-0.3, -0.25) is 14.5 Å². The van der Waals surface area contributed by atoms with Gasteiger partial charge in [-0.2, -0.15) is 0 Å². The first-order valence-electron chi connectivity index (χ1n) is 9.59. The number of urea groups is 1. The zero-order chi connectivity index (χ0) is 18.8. The fourth-order valence-electron chi connectivity index (χ4n) is 4.03. The lowest BCUT2D eigenvalue weighted by Crippen LogP contribution is -2.54. The third kappa shape index (κ3) is 4.15. The van der Waals surface area contributed by atoms with Gasteiger partial charge in [0.2, 0.25) is 5.91 Å². The number of rotatable bonds is 6. The van der Waals surface area contributed by atoms with Gasteiger partial charge in [0.05, 0.1) is 0 Å². The SMILES string of the molecule is CC(C)CN(CC(C)C)C(=O)CN1C(=O)NC2(CCCCC2C)C1=O. The summed E-state index contributed by atoms with van der Waals surface area (Å²) in [6.45, 7) is 11.4. The van der Waals surface area contributed by atoms with Gasteiger partial charge in [-0.1, -0.05) is 47.5 Å². The van der Waals surface area contributed by atoms with Crippen molar-refractivity contribution in [2.75, 3.05) is 19.6 Å².